The molecule has 0 bridgehead atoms. The molecule has 0 aliphatic carbocycles. The van der Waals surface area contributed by atoms with Crippen molar-refractivity contribution in [3.8, 4) is 0 Å². The van der Waals surface area contributed by atoms with Gasteiger partial charge in [0.15, 0.2) is 0 Å². The maximum absolute atomic E-state index is 13.5. The maximum atomic E-state index is 13.5. The van der Waals surface area contributed by atoms with Gasteiger partial charge in [0.25, 0.3) is 0 Å². The zero-order chi connectivity index (χ0) is 15.8. The van der Waals surface area contributed by atoms with E-state index in [0.717, 1.165) is 18.9 Å². The van der Waals surface area contributed by atoms with Crippen molar-refractivity contribution in [1.29, 1.82) is 0 Å². The first-order valence-corrected chi connectivity index (χ1v) is 8.61. The second-order valence-electron chi connectivity index (χ2n) is 6.73. The van der Waals surface area contributed by atoms with Crippen LogP contribution < -0.4 is 5.73 Å². The van der Waals surface area contributed by atoms with E-state index in [-0.39, 0.29) is 16.0 Å². The van der Waals surface area contributed by atoms with Gasteiger partial charge in [0, 0.05) is 13.1 Å². The molecule has 21 heavy (non-hydrogen) atoms. The first kappa shape index (κ1) is 16.2. The number of halogens is 1. The van der Waals surface area contributed by atoms with Crippen LogP contribution in [0.1, 0.15) is 33.6 Å². The summed E-state index contributed by atoms with van der Waals surface area (Å²) in [7, 11) is -3.63. The number of nitrogens with two attached hydrogens (primary N) is 1. The van der Waals surface area contributed by atoms with Crippen LogP contribution in [-0.4, -0.2) is 25.8 Å². The minimum Gasteiger partial charge on any atom is -0.396 e. The van der Waals surface area contributed by atoms with Crippen molar-refractivity contribution < 1.29 is 12.8 Å². The molecule has 0 aromatic heterocycles. The number of benzene rings is 1. The third-order valence-corrected chi connectivity index (χ3v) is 6.18. The van der Waals surface area contributed by atoms with E-state index in [4.69, 9.17) is 5.73 Å². The van der Waals surface area contributed by atoms with Gasteiger partial charge in [-0.05, 0) is 42.4 Å². The average Bonchev–Trinajstić information content (AvgIpc) is 2.41. The lowest BCUT2D eigenvalue weighted by molar-refractivity contribution is 0.154. The van der Waals surface area contributed by atoms with Gasteiger partial charge in [-0.25, -0.2) is 12.8 Å². The van der Waals surface area contributed by atoms with E-state index in [1.807, 2.05) is 0 Å². The van der Waals surface area contributed by atoms with Crippen LogP contribution >= 0.6 is 0 Å². The number of rotatable bonds is 2. The lowest BCUT2D eigenvalue weighted by atomic mass is 9.76. The molecule has 1 aromatic rings. The molecular formula is C15H23FN2O2S. The summed E-state index contributed by atoms with van der Waals surface area (Å²) in [5, 5.41) is 0. The number of hydrogen-bond donors (Lipinski definition) is 1. The normalized spacial score (nSPS) is 18.9. The Labute approximate surface area is 126 Å². The van der Waals surface area contributed by atoms with Crippen LogP contribution in [0.15, 0.2) is 23.1 Å². The van der Waals surface area contributed by atoms with Gasteiger partial charge in [0.2, 0.25) is 10.0 Å². The lowest BCUT2D eigenvalue weighted by Gasteiger charge is -2.38. The first-order chi connectivity index (χ1) is 9.62. The molecule has 0 atom stereocenters. The van der Waals surface area contributed by atoms with Crippen molar-refractivity contribution >= 4 is 15.7 Å². The molecule has 4 nitrogen and oxygen atoms in total. The molecule has 1 aromatic carbocycles. The molecular weight excluding hydrogens is 291 g/mol. The van der Waals surface area contributed by atoms with Gasteiger partial charge in [-0.1, -0.05) is 20.8 Å². The molecule has 1 saturated heterocycles. The molecule has 2 N–H and O–H groups in total. The number of hydrogen-bond acceptors (Lipinski definition) is 3. The van der Waals surface area contributed by atoms with E-state index in [9.17, 15) is 12.8 Å². The van der Waals surface area contributed by atoms with Crippen LogP contribution in [0.2, 0.25) is 0 Å². The van der Waals surface area contributed by atoms with Crippen LogP contribution in [-0.2, 0) is 10.0 Å². The Morgan fingerprint density at radius 1 is 1.24 bits per heavy atom. The fourth-order valence-corrected chi connectivity index (χ4v) is 4.26. The summed E-state index contributed by atoms with van der Waals surface area (Å²) >= 11 is 0. The molecule has 1 aliphatic heterocycles. The zero-order valence-corrected chi connectivity index (χ0v) is 13.6. The van der Waals surface area contributed by atoms with Crippen LogP contribution in [0.25, 0.3) is 0 Å². The summed E-state index contributed by atoms with van der Waals surface area (Å²) < 4.78 is 40.0. The van der Waals surface area contributed by atoms with Crippen LogP contribution in [0.3, 0.4) is 0 Å². The Balaban J connectivity index is 2.17. The van der Waals surface area contributed by atoms with E-state index >= 15 is 0 Å². The highest BCUT2D eigenvalue weighted by molar-refractivity contribution is 7.89. The molecule has 118 valence electrons. The minimum atomic E-state index is -3.63. The van der Waals surface area contributed by atoms with Gasteiger partial charge in [-0.2, -0.15) is 4.31 Å². The number of anilines is 1. The highest BCUT2D eigenvalue weighted by Crippen LogP contribution is 2.35. The van der Waals surface area contributed by atoms with E-state index in [1.54, 1.807) is 0 Å². The monoisotopic (exact) mass is 314 g/mol. The fourth-order valence-electron chi connectivity index (χ4n) is 2.78. The Bertz CT molecular complexity index is 615. The lowest BCUT2D eigenvalue weighted by Crippen LogP contribution is -2.41. The summed E-state index contributed by atoms with van der Waals surface area (Å²) in [5.74, 6) is -0.187. The van der Waals surface area contributed by atoms with E-state index in [1.165, 1.54) is 16.4 Å². The quantitative estimate of drug-likeness (QED) is 0.854. The number of sulfonamides is 1. The Kier molecular flexibility index (Phi) is 4.31. The molecule has 0 spiro atoms. The van der Waals surface area contributed by atoms with Crippen molar-refractivity contribution in [2.24, 2.45) is 11.3 Å². The average molecular weight is 314 g/mol. The van der Waals surface area contributed by atoms with Gasteiger partial charge in [0.1, 0.15) is 5.82 Å². The molecule has 1 heterocycles. The van der Waals surface area contributed by atoms with Crippen molar-refractivity contribution in [2.75, 3.05) is 18.8 Å². The first-order valence-electron chi connectivity index (χ1n) is 7.17. The van der Waals surface area contributed by atoms with Crippen molar-refractivity contribution in [1.82, 2.24) is 4.31 Å². The van der Waals surface area contributed by atoms with Crippen LogP contribution in [0.4, 0.5) is 10.1 Å². The number of piperidine rings is 1. The molecule has 6 heteroatoms. The van der Waals surface area contributed by atoms with E-state index < -0.39 is 15.8 Å². The highest BCUT2D eigenvalue weighted by Gasteiger charge is 2.34. The second kappa shape index (κ2) is 5.57. The maximum Gasteiger partial charge on any atom is 0.243 e. The highest BCUT2D eigenvalue weighted by atomic mass is 32.2. The number of nitrogen functional groups attached to an aromatic ring is 1. The van der Waals surface area contributed by atoms with Gasteiger partial charge in [-0.3, -0.25) is 0 Å². The molecule has 1 aliphatic rings. The standard InChI is InChI=1S/C15H23FN2O2S/c1-15(2,3)11-6-8-18(9-7-11)21(19,20)12-4-5-14(17)13(16)10-12/h4-5,10-11H,6-9,17H2,1-3H3. The largest absolute Gasteiger partial charge is 0.396 e. The fraction of sp³-hybridized carbons (Fsp3) is 0.600. The van der Waals surface area contributed by atoms with Gasteiger partial charge < -0.3 is 5.73 Å². The van der Waals surface area contributed by atoms with Gasteiger partial charge in [-0.15, -0.1) is 0 Å². The summed E-state index contributed by atoms with van der Waals surface area (Å²) in [6.07, 6.45) is 1.67. The summed E-state index contributed by atoms with van der Waals surface area (Å²) in [6.45, 7) is 7.50. The third kappa shape index (κ3) is 3.37. The van der Waals surface area contributed by atoms with Crippen molar-refractivity contribution in [3.63, 3.8) is 0 Å². The molecule has 2 rings (SSSR count). The molecule has 0 radical (unpaired) electrons. The minimum absolute atomic E-state index is 0.0246. The van der Waals surface area contributed by atoms with E-state index in [0.29, 0.717) is 19.0 Å². The summed E-state index contributed by atoms with van der Waals surface area (Å²) in [6, 6.07) is 3.66. The van der Waals surface area contributed by atoms with Gasteiger partial charge in [0.05, 0.1) is 10.6 Å². The van der Waals surface area contributed by atoms with Gasteiger partial charge >= 0.3 is 0 Å². The molecule has 0 saturated carbocycles. The SMILES string of the molecule is CC(C)(C)C1CCN(S(=O)(=O)c2ccc(N)c(F)c2)CC1. The predicted octanol–water partition coefficient (Wildman–Crippen LogP) is 2.85. The zero-order valence-electron chi connectivity index (χ0n) is 12.8. The van der Waals surface area contributed by atoms with E-state index in [2.05, 4.69) is 20.8 Å². The Morgan fingerprint density at radius 2 is 1.81 bits per heavy atom. The summed E-state index contributed by atoms with van der Waals surface area (Å²) in [5.41, 5.74) is 5.54. The van der Waals surface area contributed by atoms with Crippen LogP contribution in [0.5, 0.6) is 0 Å². The van der Waals surface area contributed by atoms with Crippen LogP contribution in [0, 0.1) is 17.2 Å². The molecule has 1 fully saturated rings. The number of nitrogens with zero attached hydrogens (tertiary/aromatic N) is 1. The molecule has 0 unspecified atom stereocenters. The van der Waals surface area contributed by atoms with Crippen molar-refractivity contribution in [2.45, 2.75) is 38.5 Å². The predicted molar refractivity (Wildman–Crippen MR) is 81.8 cm³/mol. The Morgan fingerprint density at radius 3 is 2.29 bits per heavy atom. The third-order valence-electron chi connectivity index (χ3n) is 4.29. The van der Waals surface area contributed by atoms with Crippen molar-refractivity contribution in [3.05, 3.63) is 24.0 Å². The topological polar surface area (TPSA) is 63.4 Å². The summed E-state index contributed by atoms with van der Waals surface area (Å²) in [4.78, 5) is -0.0246. The Hall–Kier alpha value is -1.14. The second-order valence-corrected chi connectivity index (χ2v) is 8.67. The molecule has 0 amide bonds. The smallest absolute Gasteiger partial charge is 0.243 e.